The number of aliphatic hydroxyl groups is 1. The van der Waals surface area contributed by atoms with Gasteiger partial charge in [-0.15, -0.1) is 0 Å². The van der Waals surface area contributed by atoms with Crippen molar-refractivity contribution >= 4 is 29.1 Å². The molecule has 2 aromatic carbocycles. The minimum atomic E-state index is -0.782. The number of Topliss-reactive ketones (excluding diaryl/α,β-unsaturated/α-hetero) is 1. The van der Waals surface area contributed by atoms with Gasteiger partial charge in [0.05, 0.1) is 36.5 Å². The zero-order valence-corrected chi connectivity index (χ0v) is 19.3. The molecule has 33 heavy (non-hydrogen) atoms. The molecule has 0 aliphatic carbocycles. The second-order valence-electron chi connectivity index (χ2n) is 7.94. The molecule has 0 radical (unpaired) electrons. The number of aliphatic hydroxyl groups excluding tert-OH is 1. The van der Waals surface area contributed by atoms with Crippen molar-refractivity contribution in [2.24, 2.45) is 0 Å². The van der Waals surface area contributed by atoms with Gasteiger partial charge in [0.1, 0.15) is 17.3 Å². The summed E-state index contributed by atoms with van der Waals surface area (Å²) in [6.45, 7) is 3.10. The lowest BCUT2D eigenvalue weighted by Crippen LogP contribution is -2.36. The van der Waals surface area contributed by atoms with E-state index in [1.807, 2.05) is 13.0 Å². The SMILES string of the molecule is CCOc1cc(/C(O)=C2/C(=O)C(=O)N(CC3CCCO3)C2c2cccc(OC)c2)ccc1Cl. The first-order chi connectivity index (χ1) is 15.9. The maximum Gasteiger partial charge on any atom is 0.295 e. The second-order valence-corrected chi connectivity index (χ2v) is 8.35. The number of halogens is 1. The third-order valence-electron chi connectivity index (χ3n) is 5.88. The van der Waals surface area contributed by atoms with E-state index in [4.69, 9.17) is 25.8 Å². The molecule has 2 saturated heterocycles. The number of ether oxygens (including phenoxy) is 3. The van der Waals surface area contributed by atoms with Gasteiger partial charge in [-0.3, -0.25) is 9.59 Å². The van der Waals surface area contributed by atoms with Crippen LogP contribution in [0.15, 0.2) is 48.0 Å². The van der Waals surface area contributed by atoms with Gasteiger partial charge in [-0.1, -0.05) is 23.7 Å². The van der Waals surface area contributed by atoms with Crippen LogP contribution in [0.2, 0.25) is 5.02 Å². The molecule has 1 N–H and O–H groups in total. The van der Waals surface area contributed by atoms with E-state index in [0.717, 1.165) is 12.8 Å². The predicted octanol–water partition coefficient (Wildman–Crippen LogP) is 4.35. The fraction of sp³-hybridized carbons (Fsp3) is 0.360. The van der Waals surface area contributed by atoms with Gasteiger partial charge < -0.3 is 24.2 Å². The van der Waals surface area contributed by atoms with E-state index in [1.165, 1.54) is 4.90 Å². The summed E-state index contributed by atoms with van der Waals surface area (Å²) in [6, 6.07) is 11.1. The van der Waals surface area contributed by atoms with E-state index < -0.39 is 17.7 Å². The van der Waals surface area contributed by atoms with Crippen LogP contribution in [0.25, 0.3) is 5.76 Å². The molecule has 7 nitrogen and oxygen atoms in total. The largest absolute Gasteiger partial charge is 0.507 e. The molecule has 8 heteroatoms. The number of methoxy groups -OCH3 is 1. The predicted molar refractivity (Wildman–Crippen MR) is 124 cm³/mol. The van der Waals surface area contributed by atoms with Crippen LogP contribution in [0.5, 0.6) is 11.5 Å². The van der Waals surface area contributed by atoms with Gasteiger partial charge in [0.15, 0.2) is 0 Å². The van der Waals surface area contributed by atoms with Crippen molar-refractivity contribution in [1.82, 2.24) is 4.90 Å². The lowest BCUT2D eigenvalue weighted by Gasteiger charge is -2.27. The van der Waals surface area contributed by atoms with Crippen molar-refractivity contribution in [2.45, 2.75) is 31.9 Å². The summed E-state index contributed by atoms with van der Waals surface area (Å²) in [7, 11) is 1.55. The van der Waals surface area contributed by atoms with Gasteiger partial charge in [0.25, 0.3) is 11.7 Å². The average molecular weight is 472 g/mol. The lowest BCUT2D eigenvalue weighted by atomic mass is 9.95. The molecule has 2 fully saturated rings. The van der Waals surface area contributed by atoms with Crippen LogP contribution in [0.3, 0.4) is 0 Å². The van der Waals surface area contributed by atoms with E-state index in [-0.39, 0.29) is 24.0 Å². The maximum absolute atomic E-state index is 13.2. The first-order valence-electron chi connectivity index (χ1n) is 10.9. The summed E-state index contributed by atoms with van der Waals surface area (Å²) in [5.74, 6) is -0.728. The fourth-order valence-corrected chi connectivity index (χ4v) is 4.48. The van der Waals surface area contributed by atoms with E-state index in [9.17, 15) is 14.7 Å². The molecule has 0 aromatic heterocycles. The van der Waals surface area contributed by atoms with Crippen LogP contribution < -0.4 is 9.47 Å². The molecule has 1 amide bonds. The first kappa shape index (κ1) is 23.1. The van der Waals surface area contributed by atoms with E-state index in [1.54, 1.807) is 43.5 Å². The Bertz CT molecular complexity index is 1090. The summed E-state index contributed by atoms with van der Waals surface area (Å²) in [4.78, 5) is 27.8. The van der Waals surface area contributed by atoms with Crippen LogP contribution in [-0.4, -0.2) is 54.7 Å². The third kappa shape index (κ3) is 4.56. The lowest BCUT2D eigenvalue weighted by molar-refractivity contribution is -0.140. The Morgan fingerprint density at radius 2 is 2.06 bits per heavy atom. The van der Waals surface area contributed by atoms with E-state index >= 15 is 0 Å². The van der Waals surface area contributed by atoms with Crippen molar-refractivity contribution in [1.29, 1.82) is 0 Å². The number of likely N-dealkylation sites (tertiary alicyclic amines) is 1. The van der Waals surface area contributed by atoms with Crippen molar-refractivity contribution in [3.63, 3.8) is 0 Å². The molecule has 2 aromatic rings. The molecule has 0 saturated carbocycles. The summed E-state index contributed by atoms with van der Waals surface area (Å²) in [6.07, 6.45) is 1.56. The highest BCUT2D eigenvalue weighted by Crippen LogP contribution is 2.41. The van der Waals surface area contributed by atoms with Gasteiger partial charge in [0, 0.05) is 18.7 Å². The Kier molecular flexibility index (Phi) is 6.91. The third-order valence-corrected chi connectivity index (χ3v) is 6.19. The Labute approximate surface area is 197 Å². The molecule has 0 bridgehead atoms. The Morgan fingerprint density at radius 3 is 2.76 bits per heavy atom. The van der Waals surface area contributed by atoms with Crippen LogP contribution in [-0.2, 0) is 14.3 Å². The molecule has 2 atom stereocenters. The Morgan fingerprint density at radius 1 is 1.24 bits per heavy atom. The summed E-state index contributed by atoms with van der Waals surface area (Å²) in [5.41, 5.74) is 1.01. The van der Waals surface area contributed by atoms with Crippen molar-refractivity contribution in [3.05, 3.63) is 64.2 Å². The van der Waals surface area contributed by atoms with Crippen LogP contribution in [0.4, 0.5) is 0 Å². The molecule has 2 heterocycles. The zero-order valence-electron chi connectivity index (χ0n) is 18.5. The summed E-state index contributed by atoms with van der Waals surface area (Å²) < 4.78 is 16.6. The molecule has 0 spiro atoms. The highest BCUT2D eigenvalue weighted by Gasteiger charge is 2.47. The van der Waals surface area contributed by atoms with Crippen molar-refractivity contribution in [3.8, 4) is 11.5 Å². The smallest absolute Gasteiger partial charge is 0.295 e. The number of carbonyl (C=O) groups excluding carboxylic acids is 2. The van der Waals surface area contributed by atoms with Crippen molar-refractivity contribution < 1.29 is 28.9 Å². The van der Waals surface area contributed by atoms with E-state index in [2.05, 4.69) is 0 Å². The highest BCUT2D eigenvalue weighted by atomic mass is 35.5. The first-order valence-corrected chi connectivity index (χ1v) is 11.3. The molecular weight excluding hydrogens is 446 g/mol. The Balaban J connectivity index is 1.84. The second kappa shape index (κ2) is 9.85. The van der Waals surface area contributed by atoms with Gasteiger partial charge >= 0.3 is 0 Å². The summed E-state index contributed by atoms with van der Waals surface area (Å²) in [5, 5.41) is 11.6. The minimum absolute atomic E-state index is 0.0102. The monoisotopic (exact) mass is 471 g/mol. The molecule has 4 rings (SSSR count). The topological polar surface area (TPSA) is 85.3 Å². The number of amides is 1. The molecular formula is C25H26ClNO6. The zero-order chi connectivity index (χ0) is 23.5. The summed E-state index contributed by atoms with van der Waals surface area (Å²) >= 11 is 6.19. The Hall–Kier alpha value is -3.03. The molecule has 2 aliphatic rings. The molecule has 174 valence electrons. The standard InChI is InChI=1S/C25H26ClNO6/c1-3-32-20-13-16(9-10-19(20)26)23(28)21-22(15-6-4-7-17(12-15)31-2)27(25(30)24(21)29)14-18-8-5-11-33-18/h4,6-7,9-10,12-13,18,22,28H,3,5,8,11,14H2,1-2H3/b23-21-. The number of rotatable bonds is 7. The number of nitrogens with zero attached hydrogens (tertiary/aromatic N) is 1. The quantitative estimate of drug-likeness (QED) is 0.367. The molecule has 2 aliphatic heterocycles. The highest BCUT2D eigenvalue weighted by molar-refractivity contribution is 6.46. The van der Waals surface area contributed by atoms with Crippen LogP contribution in [0, 0.1) is 0 Å². The van der Waals surface area contributed by atoms with E-state index in [0.29, 0.717) is 40.9 Å². The number of hydrogen-bond donors (Lipinski definition) is 1. The van der Waals surface area contributed by atoms with Crippen LogP contribution >= 0.6 is 11.6 Å². The van der Waals surface area contributed by atoms with Gasteiger partial charge in [-0.25, -0.2) is 0 Å². The van der Waals surface area contributed by atoms with Gasteiger partial charge in [-0.05, 0) is 55.7 Å². The average Bonchev–Trinajstić information content (AvgIpc) is 3.42. The molecule has 2 unspecified atom stereocenters. The number of benzene rings is 2. The minimum Gasteiger partial charge on any atom is -0.507 e. The van der Waals surface area contributed by atoms with Gasteiger partial charge in [0.2, 0.25) is 0 Å². The van der Waals surface area contributed by atoms with Crippen molar-refractivity contribution in [2.75, 3.05) is 26.9 Å². The number of carbonyl (C=O) groups is 2. The van der Waals surface area contributed by atoms with Gasteiger partial charge in [-0.2, -0.15) is 0 Å². The number of hydrogen-bond acceptors (Lipinski definition) is 6. The number of ketones is 1. The maximum atomic E-state index is 13.2. The fourth-order valence-electron chi connectivity index (χ4n) is 4.31. The van der Waals surface area contributed by atoms with Crippen LogP contribution in [0.1, 0.15) is 36.9 Å². The normalized spacial score (nSPS) is 22.1.